The number of piperidine rings is 1. The van der Waals surface area contributed by atoms with E-state index in [1.54, 1.807) is 54.3 Å². The van der Waals surface area contributed by atoms with Crippen LogP contribution in [0.25, 0.3) is 16.6 Å². The largest absolute Gasteiger partial charge is 0.466 e. The molecule has 0 spiro atoms. The molecule has 0 N–H and O–H groups in total. The quantitative estimate of drug-likeness (QED) is 0.269. The van der Waals surface area contributed by atoms with Crippen LogP contribution in [0.1, 0.15) is 19.8 Å². The molecule has 0 saturated carbocycles. The number of fused-ring (bicyclic) bond motifs is 1. The summed E-state index contributed by atoms with van der Waals surface area (Å²) in [5.41, 5.74) is 0.680. The van der Waals surface area contributed by atoms with Crippen LogP contribution < -0.4 is 5.56 Å². The second kappa shape index (κ2) is 10.8. The lowest BCUT2D eigenvalue weighted by Crippen LogP contribution is -2.43. The van der Waals surface area contributed by atoms with Crippen molar-refractivity contribution >= 4 is 57.7 Å². The molecule has 1 aliphatic heterocycles. The van der Waals surface area contributed by atoms with E-state index in [-0.39, 0.29) is 29.1 Å². The first-order valence-corrected chi connectivity index (χ1v) is 12.7. The second-order valence-corrected chi connectivity index (χ2v) is 9.65. The van der Waals surface area contributed by atoms with Crippen LogP contribution in [-0.4, -0.2) is 51.8 Å². The summed E-state index contributed by atoms with van der Waals surface area (Å²) in [6.07, 6.45) is 1.44. The van der Waals surface area contributed by atoms with Gasteiger partial charge in [0.2, 0.25) is 5.91 Å². The van der Waals surface area contributed by atoms with Gasteiger partial charge in [-0.3, -0.25) is 19.0 Å². The highest BCUT2D eigenvalue weighted by Crippen LogP contribution is 2.28. The molecule has 4 rings (SSSR count). The maximum Gasteiger partial charge on any atom is 0.310 e. The fourth-order valence-electron chi connectivity index (χ4n) is 3.96. The number of nitrogens with zero attached hydrogens (tertiary/aromatic N) is 3. The third-order valence-corrected chi connectivity index (χ3v) is 7.08. The van der Waals surface area contributed by atoms with Crippen molar-refractivity contribution in [2.45, 2.75) is 24.9 Å². The minimum Gasteiger partial charge on any atom is -0.466 e. The van der Waals surface area contributed by atoms with Gasteiger partial charge in [0.1, 0.15) is 0 Å². The number of hydrogen-bond donors (Lipinski definition) is 0. The average Bonchev–Trinajstić information content (AvgIpc) is 2.83. The molecular weight excluding hydrogens is 497 g/mol. The summed E-state index contributed by atoms with van der Waals surface area (Å²) < 4.78 is 6.54. The van der Waals surface area contributed by atoms with Crippen LogP contribution in [0.15, 0.2) is 52.4 Å². The number of ether oxygens (including phenoxy) is 1. The fourth-order valence-corrected chi connectivity index (χ4v) is 5.36. The van der Waals surface area contributed by atoms with Crippen molar-refractivity contribution < 1.29 is 14.3 Å². The number of aromatic nitrogens is 2. The van der Waals surface area contributed by atoms with Crippen LogP contribution in [0.2, 0.25) is 10.0 Å². The minimum absolute atomic E-state index is 0.0610. The van der Waals surface area contributed by atoms with Crippen LogP contribution in [0, 0.1) is 5.92 Å². The number of amides is 1. The van der Waals surface area contributed by atoms with E-state index >= 15 is 0 Å². The van der Waals surface area contributed by atoms with Gasteiger partial charge in [-0.05, 0) is 50.1 Å². The normalized spacial score (nSPS) is 16.0. The molecule has 3 aromatic rings. The van der Waals surface area contributed by atoms with E-state index in [4.69, 9.17) is 27.9 Å². The topological polar surface area (TPSA) is 81.5 Å². The second-order valence-electron chi connectivity index (χ2n) is 7.87. The fraction of sp³-hybridized carbons (Fsp3) is 0.333. The molecule has 1 amide bonds. The minimum atomic E-state index is -0.313. The van der Waals surface area contributed by atoms with Gasteiger partial charge in [-0.1, -0.05) is 47.1 Å². The predicted molar refractivity (Wildman–Crippen MR) is 134 cm³/mol. The Morgan fingerprint density at radius 1 is 1.21 bits per heavy atom. The molecule has 10 heteroatoms. The number of likely N-dealkylation sites (tertiary alicyclic amines) is 1. The maximum absolute atomic E-state index is 13.4. The first-order chi connectivity index (χ1) is 16.4. The number of rotatable bonds is 6. The number of thioether (sulfide) groups is 1. The first-order valence-electron chi connectivity index (χ1n) is 10.9. The number of para-hydroxylation sites is 1. The number of carbonyl (C=O) groups is 2. The van der Waals surface area contributed by atoms with Gasteiger partial charge in [0.05, 0.1) is 39.9 Å². The van der Waals surface area contributed by atoms with Gasteiger partial charge in [-0.15, -0.1) is 0 Å². The van der Waals surface area contributed by atoms with E-state index < -0.39 is 0 Å². The summed E-state index contributed by atoms with van der Waals surface area (Å²) >= 11 is 13.6. The lowest BCUT2D eigenvalue weighted by molar-refractivity contribution is -0.151. The molecule has 0 aliphatic carbocycles. The molecule has 1 saturated heterocycles. The summed E-state index contributed by atoms with van der Waals surface area (Å²) in [6.45, 7) is 3.00. The molecule has 2 aromatic carbocycles. The van der Waals surface area contributed by atoms with Gasteiger partial charge < -0.3 is 9.64 Å². The Hall–Kier alpha value is -2.55. The molecule has 1 aliphatic rings. The summed E-state index contributed by atoms with van der Waals surface area (Å²) in [5, 5.41) is 1.53. The molecule has 0 radical (unpaired) electrons. The Bertz CT molecular complexity index is 1300. The Morgan fingerprint density at radius 2 is 2.00 bits per heavy atom. The van der Waals surface area contributed by atoms with Crippen molar-refractivity contribution in [3.8, 4) is 5.69 Å². The molecule has 34 heavy (non-hydrogen) atoms. The molecule has 7 nitrogen and oxygen atoms in total. The number of esters is 1. The predicted octanol–water partition coefficient (Wildman–Crippen LogP) is 4.59. The third kappa shape index (κ3) is 5.24. The highest BCUT2D eigenvalue weighted by Gasteiger charge is 2.29. The molecule has 178 valence electrons. The van der Waals surface area contributed by atoms with Crippen LogP contribution in [0.4, 0.5) is 0 Å². The molecule has 1 fully saturated rings. The van der Waals surface area contributed by atoms with Crippen molar-refractivity contribution in [2.75, 3.05) is 25.4 Å². The zero-order valence-corrected chi connectivity index (χ0v) is 20.8. The van der Waals surface area contributed by atoms with E-state index in [0.717, 1.165) is 18.2 Å². The van der Waals surface area contributed by atoms with E-state index in [1.165, 1.54) is 4.57 Å². The van der Waals surface area contributed by atoms with Gasteiger partial charge in [0.25, 0.3) is 5.56 Å². The Kier molecular flexibility index (Phi) is 7.80. The number of hydrogen-bond acceptors (Lipinski definition) is 6. The zero-order valence-electron chi connectivity index (χ0n) is 18.5. The van der Waals surface area contributed by atoms with Gasteiger partial charge in [-0.2, -0.15) is 0 Å². The van der Waals surface area contributed by atoms with Crippen molar-refractivity contribution in [2.24, 2.45) is 5.92 Å². The average molecular weight is 520 g/mol. The number of carbonyl (C=O) groups excluding carboxylic acids is 2. The molecule has 2 heterocycles. The lowest BCUT2D eigenvalue weighted by Gasteiger charge is -2.31. The van der Waals surface area contributed by atoms with Crippen LogP contribution >= 0.6 is 35.0 Å². The van der Waals surface area contributed by atoms with Crippen molar-refractivity contribution in [3.63, 3.8) is 0 Å². The summed E-state index contributed by atoms with van der Waals surface area (Å²) in [4.78, 5) is 44.8. The van der Waals surface area contributed by atoms with Gasteiger partial charge in [-0.25, -0.2) is 4.98 Å². The summed E-state index contributed by atoms with van der Waals surface area (Å²) in [5.74, 6) is -0.649. The lowest BCUT2D eigenvalue weighted by atomic mass is 9.98. The van der Waals surface area contributed by atoms with Crippen LogP contribution in [0.5, 0.6) is 0 Å². The highest BCUT2D eigenvalue weighted by molar-refractivity contribution is 7.99. The van der Waals surface area contributed by atoms with Gasteiger partial charge in [0.15, 0.2) is 5.16 Å². The van der Waals surface area contributed by atoms with Gasteiger partial charge in [0, 0.05) is 18.1 Å². The molecule has 1 atom stereocenters. The van der Waals surface area contributed by atoms with Crippen molar-refractivity contribution in [1.29, 1.82) is 0 Å². The van der Waals surface area contributed by atoms with E-state index in [0.29, 0.717) is 57.9 Å². The van der Waals surface area contributed by atoms with Gasteiger partial charge >= 0.3 is 5.97 Å². The highest BCUT2D eigenvalue weighted by atomic mass is 35.5. The third-order valence-electron chi connectivity index (χ3n) is 5.61. The molecule has 0 bridgehead atoms. The SMILES string of the molecule is CCOC(=O)C1CCCN(C(=O)CSc2nc3ccccc3c(=O)n2-c2ccc(Cl)cc2Cl)C1. The molecular formula is C24H23Cl2N3O4S. The maximum atomic E-state index is 13.4. The monoisotopic (exact) mass is 519 g/mol. The van der Waals surface area contributed by atoms with Crippen molar-refractivity contribution in [1.82, 2.24) is 14.5 Å². The van der Waals surface area contributed by atoms with Crippen molar-refractivity contribution in [3.05, 3.63) is 62.9 Å². The Balaban J connectivity index is 1.62. The first kappa shape index (κ1) is 24.6. The Labute approximate surface area is 211 Å². The van der Waals surface area contributed by atoms with E-state index in [1.807, 2.05) is 0 Å². The smallest absolute Gasteiger partial charge is 0.310 e. The van der Waals surface area contributed by atoms with E-state index in [2.05, 4.69) is 4.98 Å². The standard InChI is InChI=1S/C24H23Cl2N3O4S/c1-2-33-23(32)15-6-5-11-28(13-15)21(30)14-34-24-27-19-8-4-3-7-17(19)22(31)29(24)20-10-9-16(25)12-18(20)26/h3-4,7-10,12,15H,2,5-6,11,13-14H2,1H3. The zero-order chi connectivity index (χ0) is 24.2. The number of halogens is 2. The Morgan fingerprint density at radius 3 is 2.76 bits per heavy atom. The number of benzene rings is 2. The van der Waals surface area contributed by atoms with Crippen LogP contribution in [-0.2, 0) is 14.3 Å². The molecule has 1 unspecified atom stereocenters. The molecule has 1 aromatic heterocycles. The van der Waals surface area contributed by atoms with E-state index in [9.17, 15) is 14.4 Å². The van der Waals surface area contributed by atoms with Crippen LogP contribution in [0.3, 0.4) is 0 Å². The summed E-state index contributed by atoms with van der Waals surface area (Å²) in [7, 11) is 0. The summed E-state index contributed by atoms with van der Waals surface area (Å²) in [6, 6.07) is 11.9.